The van der Waals surface area contributed by atoms with Crippen LogP contribution in [0.1, 0.15) is 30.4 Å². The molecular formula is C21H26N4OS. The number of hydrogen-bond donors (Lipinski definition) is 2. The van der Waals surface area contributed by atoms with Gasteiger partial charge in [-0.25, -0.2) is 4.98 Å². The molecule has 27 heavy (non-hydrogen) atoms. The van der Waals surface area contributed by atoms with E-state index >= 15 is 0 Å². The summed E-state index contributed by atoms with van der Waals surface area (Å²) in [4.78, 5) is 7.08. The Bertz CT molecular complexity index is 843. The number of rotatable bonds is 4. The quantitative estimate of drug-likeness (QED) is 0.840. The van der Waals surface area contributed by atoms with Crippen molar-refractivity contribution in [3.8, 4) is 5.88 Å². The smallest absolute Gasteiger partial charge is 0.237 e. The molecule has 0 bridgehead atoms. The van der Waals surface area contributed by atoms with Crippen LogP contribution in [0.4, 0.5) is 17.1 Å². The third-order valence-electron chi connectivity index (χ3n) is 5.82. The molecule has 142 valence electrons. The molecule has 4 heterocycles. The van der Waals surface area contributed by atoms with Crippen molar-refractivity contribution in [1.82, 2.24) is 10.3 Å². The third-order valence-corrected chi connectivity index (χ3v) is 6.80. The van der Waals surface area contributed by atoms with Gasteiger partial charge in [-0.05, 0) is 55.3 Å². The largest absolute Gasteiger partial charge is 0.476 e. The molecule has 0 spiro atoms. The molecule has 2 aromatic rings. The number of nitrogens with zero attached hydrogens (tertiary/aromatic N) is 2. The highest BCUT2D eigenvalue weighted by atomic mass is 32.2. The normalized spacial score (nSPS) is 23.4. The van der Waals surface area contributed by atoms with Crippen LogP contribution in [0.15, 0.2) is 30.5 Å². The van der Waals surface area contributed by atoms with Gasteiger partial charge in [0, 0.05) is 54.1 Å². The summed E-state index contributed by atoms with van der Waals surface area (Å²) in [6, 6.07) is 9.34. The molecule has 5 rings (SSSR count). The Kier molecular flexibility index (Phi) is 4.61. The molecule has 0 aliphatic carbocycles. The molecule has 0 saturated carbocycles. The molecule has 6 heteroatoms. The fourth-order valence-electron chi connectivity index (χ4n) is 4.75. The molecule has 5 nitrogen and oxygen atoms in total. The first-order chi connectivity index (χ1) is 13.3. The van der Waals surface area contributed by atoms with E-state index in [1.54, 1.807) is 6.20 Å². The van der Waals surface area contributed by atoms with Crippen LogP contribution in [-0.4, -0.2) is 43.0 Å². The molecule has 1 aromatic carbocycles. The number of anilines is 3. The number of thioether (sulfide) groups is 1. The number of benzene rings is 1. The fourth-order valence-corrected chi connectivity index (χ4v) is 5.66. The maximum Gasteiger partial charge on any atom is 0.237 e. The summed E-state index contributed by atoms with van der Waals surface area (Å²) in [5.41, 5.74) is 6.57. The SMILES string of the molecule is CCOc1ncccc1Nc1cc2c3c(c1)[C@@H]1CNCC[C@@H]1N3CCSC2. The Morgan fingerprint density at radius 1 is 1.41 bits per heavy atom. The summed E-state index contributed by atoms with van der Waals surface area (Å²) in [5, 5.41) is 7.19. The van der Waals surface area contributed by atoms with Crippen LogP contribution in [0, 0.1) is 0 Å². The van der Waals surface area contributed by atoms with Gasteiger partial charge >= 0.3 is 0 Å². The molecule has 2 atom stereocenters. The minimum Gasteiger partial charge on any atom is -0.476 e. The highest BCUT2D eigenvalue weighted by Crippen LogP contribution is 2.48. The number of aromatic nitrogens is 1. The van der Waals surface area contributed by atoms with Crippen LogP contribution in [0.3, 0.4) is 0 Å². The van der Waals surface area contributed by atoms with E-state index in [0.717, 1.165) is 30.2 Å². The first-order valence-corrected chi connectivity index (χ1v) is 11.1. The van der Waals surface area contributed by atoms with Gasteiger partial charge in [0.25, 0.3) is 0 Å². The first-order valence-electron chi connectivity index (χ1n) is 9.92. The Morgan fingerprint density at radius 3 is 3.30 bits per heavy atom. The predicted octanol–water partition coefficient (Wildman–Crippen LogP) is 3.74. The van der Waals surface area contributed by atoms with E-state index in [2.05, 4.69) is 32.7 Å². The Morgan fingerprint density at radius 2 is 2.37 bits per heavy atom. The molecule has 3 aliphatic rings. The zero-order valence-corrected chi connectivity index (χ0v) is 16.5. The molecule has 2 N–H and O–H groups in total. The Labute approximate surface area is 164 Å². The summed E-state index contributed by atoms with van der Waals surface area (Å²) in [7, 11) is 0. The van der Waals surface area contributed by atoms with Gasteiger partial charge in [0.1, 0.15) is 5.69 Å². The van der Waals surface area contributed by atoms with E-state index in [1.807, 2.05) is 30.8 Å². The fraction of sp³-hybridized carbons (Fsp3) is 0.476. The van der Waals surface area contributed by atoms with Crippen LogP contribution >= 0.6 is 11.8 Å². The minimum atomic E-state index is 0.595. The number of pyridine rings is 1. The van der Waals surface area contributed by atoms with Crippen LogP contribution in [-0.2, 0) is 5.75 Å². The molecule has 0 radical (unpaired) electrons. The molecule has 1 fully saturated rings. The average Bonchev–Trinajstić information content (AvgIpc) is 2.85. The van der Waals surface area contributed by atoms with E-state index < -0.39 is 0 Å². The Balaban J connectivity index is 1.54. The molecular weight excluding hydrogens is 356 g/mol. The summed E-state index contributed by atoms with van der Waals surface area (Å²) < 4.78 is 5.70. The zero-order valence-electron chi connectivity index (χ0n) is 15.7. The predicted molar refractivity (Wildman–Crippen MR) is 113 cm³/mol. The summed E-state index contributed by atoms with van der Waals surface area (Å²) in [5.74, 6) is 3.56. The first kappa shape index (κ1) is 17.2. The van der Waals surface area contributed by atoms with E-state index in [0.29, 0.717) is 24.4 Å². The van der Waals surface area contributed by atoms with Crippen molar-refractivity contribution in [3.05, 3.63) is 41.6 Å². The highest BCUT2D eigenvalue weighted by Gasteiger charge is 2.41. The molecule has 0 unspecified atom stereocenters. The lowest BCUT2D eigenvalue weighted by Gasteiger charge is -2.33. The lowest BCUT2D eigenvalue weighted by Crippen LogP contribution is -2.44. The maximum atomic E-state index is 5.70. The van der Waals surface area contributed by atoms with E-state index in [-0.39, 0.29) is 0 Å². The summed E-state index contributed by atoms with van der Waals surface area (Å²) in [6.45, 7) is 6.00. The van der Waals surface area contributed by atoms with Crippen molar-refractivity contribution in [2.45, 2.75) is 31.1 Å². The second-order valence-corrected chi connectivity index (χ2v) is 8.51. The number of fused-ring (bicyclic) bond motifs is 3. The second-order valence-electron chi connectivity index (χ2n) is 7.40. The van der Waals surface area contributed by atoms with Crippen molar-refractivity contribution in [2.24, 2.45) is 0 Å². The van der Waals surface area contributed by atoms with Crippen molar-refractivity contribution in [1.29, 1.82) is 0 Å². The monoisotopic (exact) mass is 382 g/mol. The number of hydrogen-bond acceptors (Lipinski definition) is 6. The maximum absolute atomic E-state index is 5.70. The minimum absolute atomic E-state index is 0.595. The molecule has 3 aliphatic heterocycles. The zero-order chi connectivity index (χ0) is 18.2. The average molecular weight is 383 g/mol. The van der Waals surface area contributed by atoms with Gasteiger partial charge in [0.05, 0.1) is 6.61 Å². The van der Waals surface area contributed by atoms with E-state index in [1.165, 1.54) is 35.5 Å². The lowest BCUT2D eigenvalue weighted by molar-refractivity contribution is 0.329. The molecule has 1 saturated heterocycles. The van der Waals surface area contributed by atoms with Gasteiger partial charge in [-0.2, -0.15) is 11.8 Å². The third kappa shape index (κ3) is 3.05. The van der Waals surface area contributed by atoms with Crippen molar-refractivity contribution in [2.75, 3.05) is 42.2 Å². The topological polar surface area (TPSA) is 49.4 Å². The van der Waals surface area contributed by atoms with E-state index in [9.17, 15) is 0 Å². The van der Waals surface area contributed by atoms with Crippen LogP contribution < -0.4 is 20.3 Å². The molecule has 1 aromatic heterocycles. The van der Waals surface area contributed by atoms with Gasteiger partial charge in [-0.1, -0.05) is 0 Å². The number of nitrogens with one attached hydrogen (secondary N) is 2. The van der Waals surface area contributed by atoms with Crippen LogP contribution in [0.25, 0.3) is 0 Å². The van der Waals surface area contributed by atoms with Crippen LogP contribution in [0.2, 0.25) is 0 Å². The number of piperidine rings is 1. The highest BCUT2D eigenvalue weighted by molar-refractivity contribution is 7.98. The van der Waals surface area contributed by atoms with Crippen molar-refractivity contribution >= 4 is 28.8 Å². The summed E-state index contributed by atoms with van der Waals surface area (Å²) >= 11 is 2.05. The molecule has 0 amide bonds. The van der Waals surface area contributed by atoms with Gasteiger partial charge in [-0.15, -0.1) is 0 Å². The number of ether oxygens (including phenoxy) is 1. The van der Waals surface area contributed by atoms with Crippen molar-refractivity contribution < 1.29 is 4.74 Å². The van der Waals surface area contributed by atoms with E-state index in [4.69, 9.17) is 4.74 Å². The Hall–Kier alpha value is -1.92. The lowest BCUT2D eigenvalue weighted by atomic mass is 9.89. The second kappa shape index (κ2) is 7.24. The van der Waals surface area contributed by atoms with Crippen LogP contribution in [0.5, 0.6) is 5.88 Å². The standard InChI is InChI=1S/C21H26N4OS/c1-2-26-21-18(4-3-6-23-21)24-15-10-14-13-27-9-8-25-19-5-7-22-12-17(19)16(11-15)20(14)25/h3-4,6,10-11,17,19,22,24H,2,5,7-9,12-13H2,1H3/t17-,19-/m0/s1. The van der Waals surface area contributed by atoms with Gasteiger partial charge in [0.15, 0.2) is 0 Å². The van der Waals surface area contributed by atoms with Gasteiger partial charge in [-0.3, -0.25) is 0 Å². The van der Waals surface area contributed by atoms with Gasteiger partial charge < -0.3 is 20.3 Å². The van der Waals surface area contributed by atoms with Crippen molar-refractivity contribution in [3.63, 3.8) is 0 Å². The summed E-state index contributed by atoms with van der Waals surface area (Å²) in [6.07, 6.45) is 3.02. The van der Waals surface area contributed by atoms with Gasteiger partial charge in [0.2, 0.25) is 5.88 Å².